The number of hydrogen-bond acceptors (Lipinski definition) is 5. The third-order valence-corrected chi connectivity index (χ3v) is 4.84. The zero-order chi connectivity index (χ0) is 19.2. The van der Waals surface area contributed by atoms with Gasteiger partial charge in [-0.05, 0) is 12.3 Å². The van der Waals surface area contributed by atoms with Crippen molar-refractivity contribution in [3.05, 3.63) is 36.4 Å². The Morgan fingerprint density at radius 2 is 1.81 bits per heavy atom. The highest BCUT2D eigenvalue weighted by molar-refractivity contribution is 5.73. The minimum absolute atomic E-state index is 0.137. The van der Waals surface area contributed by atoms with Crippen molar-refractivity contribution >= 4 is 17.7 Å². The number of benzene rings is 1. The van der Waals surface area contributed by atoms with Gasteiger partial charge in [-0.2, -0.15) is 4.98 Å². The van der Waals surface area contributed by atoms with Crippen LogP contribution in [0.15, 0.2) is 36.4 Å². The fraction of sp³-hybridized carbons (Fsp3) is 0.476. The summed E-state index contributed by atoms with van der Waals surface area (Å²) < 4.78 is 0. The molecule has 2 heterocycles. The second-order valence-corrected chi connectivity index (χ2v) is 7.40. The minimum Gasteiger partial charge on any atom is -0.354 e. The van der Waals surface area contributed by atoms with E-state index in [4.69, 9.17) is 9.97 Å². The van der Waals surface area contributed by atoms with Crippen LogP contribution in [-0.4, -0.2) is 53.5 Å². The number of hydrogen-bond donors (Lipinski definition) is 1. The summed E-state index contributed by atoms with van der Waals surface area (Å²) in [6.07, 6.45) is 1.07. The monoisotopic (exact) mass is 367 g/mol. The van der Waals surface area contributed by atoms with Gasteiger partial charge in [-0.15, -0.1) is 0 Å². The highest BCUT2D eigenvalue weighted by atomic mass is 16.2. The van der Waals surface area contributed by atoms with Gasteiger partial charge in [-0.1, -0.05) is 44.2 Å². The number of nitrogens with one attached hydrogen (secondary N) is 1. The first kappa shape index (κ1) is 19.1. The summed E-state index contributed by atoms with van der Waals surface area (Å²) in [5, 5.41) is 3.38. The first-order valence-electron chi connectivity index (χ1n) is 9.72. The Hall–Kier alpha value is -2.63. The first-order valence-corrected chi connectivity index (χ1v) is 9.72. The Balaban J connectivity index is 1.82. The number of anilines is 2. The Morgan fingerprint density at radius 1 is 1.11 bits per heavy atom. The lowest BCUT2D eigenvalue weighted by molar-refractivity contribution is -0.129. The normalized spacial score (nSPS) is 14.5. The lowest BCUT2D eigenvalue weighted by Gasteiger charge is -2.35. The number of rotatable bonds is 6. The molecule has 1 N–H and O–H groups in total. The fourth-order valence-electron chi connectivity index (χ4n) is 3.16. The van der Waals surface area contributed by atoms with Crippen LogP contribution in [0.3, 0.4) is 0 Å². The van der Waals surface area contributed by atoms with Crippen LogP contribution in [0.25, 0.3) is 11.3 Å². The van der Waals surface area contributed by atoms with Gasteiger partial charge in [0, 0.05) is 51.3 Å². The van der Waals surface area contributed by atoms with Gasteiger partial charge >= 0.3 is 0 Å². The van der Waals surface area contributed by atoms with Gasteiger partial charge in [-0.3, -0.25) is 4.79 Å². The van der Waals surface area contributed by atoms with Crippen molar-refractivity contribution in [1.82, 2.24) is 14.9 Å². The number of piperazine rings is 1. The third-order valence-electron chi connectivity index (χ3n) is 4.84. The summed E-state index contributed by atoms with van der Waals surface area (Å²) in [6.45, 7) is 9.95. The predicted octanol–water partition coefficient (Wildman–Crippen LogP) is 3.27. The zero-order valence-corrected chi connectivity index (χ0v) is 16.5. The molecule has 144 valence electrons. The number of aromatic nitrogens is 2. The molecule has 0 unspecified atom stereocenters. The zero-order valence-electron chi connectivity index (χ0n) is 16.5. The maximum atomic E-state index is 11.6. The summed E-state index contributed by atoms with van der Waals surface area (Å²) in [4.78, 5) is 25.2. The Morgan fingerprint density at radius 3 is 2.44 bits per heavy atom. The molecule has 27 heavy (non-hydrogen) atoms. The molecule has 1 aliphatic heterocycles. The number of carbonyl (C=O) groups excluding carboxylic acids is 1. The van der Waals surface area contributed by atoms with Crippen LogP contribution in [0.1, 0.15) is 27.2 Å². The lowest BCUT2D eigenvalue weighted by Crippen LogP contribution is -2.48. The average molecular weight is 367 g/mol. The molecule has 1 fully saturated rings. The largest absolute Gasteiger partial charge is 0.354 e. The maximum Gasteiger partial charge on any atom is 0.225 e. The standard InChI is InChI=1S/C21H29N5O/c1-16(2)9-10-22-21-23-19(18-7-5-4-6-8-18)15-20(24-21)26-13-11-25(12-14-26)17(3)27/h4-8,15-16H,9-14H2,1-3H3,(H,22,23,24). The van der Waals surface area contributed by atoms with Gasteiger partial charge in [-0.25, -0.2) is 4.98 Å². The van der Waals surface area contributed by atoms with Gasteiger partial charge in [0.25, 0.3) is 0 Å². The van der Waals surface area contributed by atoms with Gasteiger partial charge in [0.05, 0.1) is 5.69 Å². The Kier molecular flexibility index (Phi) is 6.27. The SMILES string of the molecule is CC(=O)N1CCN(c2cc(-c3ccccc3)nc(NCCC(C)C)n2)CC1. The molecule has 1 aromatic heterocycles. The van der Waals surface area contributed by atoms with Crippen LogP contribution in [0.2, 0.25) is 0 Å². The van der Waals surface area contributed by atoms with Crippen molar-refractivity contribution in [2.75, 3.05) is 42.9 Å². The minimum atomic E-state index is 0.137. The predicted molar refractivity (Wildman–Crippen MR) is 110 cm³/mol. The molecule has 6 heteroatoms. The van der Waals surface area contributed by atoms with E-state index in [1.807, 2.05) is 29.2 Å². The van der Waals surface area contributed by atoms with Crippen molar-refractivity contribution in [2.24, 2.45) is 5.92 Å². The van der Waals surface area contributed by atoms with Crippen LogP contribution >= 0.6 is 0 Å². The fourth-order valence-corrected chi connectivity index (χ4v) is 3.16. The third kappa shape index (κ3) is 5.18. The summed E-state index contributed by atoms with van der Waals surface area (Å²) in [5.74, 6) is 2.35. The molecule has 0 bridgehead atoms. The van der Waals surface area contributed by atoms with Crippen LogP contribution in [-0.2, 0) is 4.79 Å². The van der Waals surface area contributed by atoms with E-state index in [2.05, 4.69) is 36.2 Å². The molecule has 0 atom stereocenters. The molecular formula is C21H29N5O. The Bertz CT molecular complexity index is 754. The molecule has 0 aliphatic carbocycles. The topological polar surface area (TPSA) is 61.4 Å². The molecule has 2 aromatic rings. The summed E-state index contributed by atoms with van der Waals surface area (Å²) >= 11 is 0. The van der Waals surface area contributed by atoms with Gasteiger partial charge in [0.1, 0.15) is 5.82 Å². The molecule has 0 spiro atoms. The van der Waals surface area contributed by atoms with Crippen molar-refractivity contribution in [3.8, 4) is 11.3 Å². The van der Waals surface area contributed by atoms with Crippen molar-refractivity contribution in [3.63, 3.8) is 0 Å². The van der Waals surface area contributed by atoms with Gasteiger partial charge in [0.15, 0.2) is 0 Å². The van der Waals surface area contributed by atoms with E-state index in [0.717, 1.165) is 56.2 Å². The number of carbonyl (C=O) groups is 1. The van der Waals surface area contributed by atoms with Crippen LogP contribution in [0, 0.1) is 5.92 Å². The van der Waals surface area contributed by atoms with Gasteiger partial charge in [0.2, 0.25) is 11.9 Å². The van der Waals surface area contributed by atoms with Crippen molar-refractivity contribution in [1.29, 1.82) is 0 Å². The Labute approximate surface area is 161 Å². The average Bonchev–Trinajstić information content (AvgIpc) is 2.68. The molecule has 1 aliphatic rings. The van der Waals surface area contributed by atoms with Crippen molar-refractivity contribution in [2.45, 2.75) is 27.2 Å². The van der Waals surface area contributed by atoms with Gasteiger partial charge < -0.3 is 15.1 Å². The van der Waals surface area contributed by atoms with E-state index in [1.54, 1.807) is 6.92 Å². The molecule has 0 radical (unpaired) electrons. The summed E-state index contributed by atoms with van der Waals surface area (Å²) in [7, 11) is 0. The molecule has 1 saturated heterocycles. The lowest BCUT2D eigenvalue weighted by atomic mass is 10.1. The molecular weight excluding hydrogens is 338 g/mol. The van der Waals surface area contributed by atoms with Crippen LogP contribution in [0.5, 0.6) is 0 Å². The highest BCUT2D eigenvalue weighted by Crippen LogP contribution is 2.24. The van der Waals surface area contributed by atoms with Crippen LogP contribution < -0.4 is 10.2 Å². The molecule has 1 aromatic carbocycles. The van der Waals surface area contributed by atoms with E-state index in [0.29, 0.717) is 11.9 Å². The van der Waals surface area contributed by atoms with E-state index >= 15 is 0 Å². The summed E-state index contributed by atoms with van der Waals surface area (Å²) in [6, 6.07) is 12.2. The van der Waals surface area contributed by atoms with E-state index in [9.17, 15) is 4.79 Å². The quantitative estimate of drug-likeness (QED) is 0.849. The maximum absolute atomic E-state index is 11.6. The second-order valence-electron chi connectivity index (χ2n) is 7.40. The van der Waals surface area contributed by atoms with E-state index < -0.39 is 0 Å². The summed E-state index contributed by atoms with van der Waals surface area (Å²) in [5.41, 5.74) is 2.00. The molecule has 3 rings (SSSR count). The second kappa shape index (κ2) is 8.84. The van der Waals surface area contributed by atoms with Crippen molar-refractivity contribution < 1.29 is 4.79 Å². The molecule has 1 amide bonds. The van der Waals surface area contributed by atoms with E-state index in [1.165, 1.54) is 0 Å². The molecule has 6 nitrogen and oxygen atoms in total. The highest BCUT2D eigenvalue weighted by Gasteiger charge is 2.21. The number of nitrogens with zero attached hydrogens (tertiary/aromatic N) is 4. The number of amides is 1. The first-order chi connectivity index (χ1) is 13.0. The van der Waals surface area contributed by atoms with Crippen LogP contribution in [0.4, 0.5) is 11.8 Å². The smallest absolute Gasteiger partial charge is 0.225 e. The molecule has 0 saturated carbocycles. The van der Waals surface area contributed by atoms with E-state index in [-0.39, 0.29) is 5.91 Å².